The number of fused-ring (bicyclic) bond motifs is 1. The second-order valence-corrected chi connectivity index (χ2v) is 6.51. The highest BCUT2D eigenvalue weighted by molar-refractivity contribution is 6.04. The predicted octanol–water partition coefficient (Wildman–Crippen LogP) is 5.74. The molecule has 5 heteroatoms. The largest absolute Gasteiger partial charge is 0.306 e. The van der Waals surface area contributed by atoms with Crippen molar-refractivity contribution in [3.63, 3.8) is 0 Å². The summed E-state index contributed by atoms with van der Waals surface area (Å²) in [5, 5.41) is 3.51. The summed E-state index contributed by atoms with van der Waals surface area (Å²) in [7, 11) is 0. The Balaban J connectivity index is 1.70. The lowest BCUT2D eigenvalue weighted by atomic mass is 9.98. The maximum atomic E-state index is 14.6. The normalized spacial score (nSPS) is 10.8. The molecule has 3 aromatic carbocycles. The van der Waals surface area contributed by atoms with Gasteiger partial charge in [0.1, 0.15) is 11.6 Å². The SMILES string of the molecule is Cc1ccc(F)cc1-c1ccc2cc(NC(=O)c3ccccc3)nc(F)c2c1. The monoisotopic (exact) mass is 374 g/mol. The summed E-state index contributed by atoms with van der Waals surface area (Å²) in [6.45, 7) is 1.87. The van der Waals surface area contributed by atoms with Crippen LogP contribution in [0.1, 0.15) is 15.9 Å². The van der Waals surface area contributed by atoms with Crippen molar-refractivity contribution in [2.45, 2.75) is 6.92 Å². The van der Waals surface area contributed by atoms with Crippen LogP contribution in [0.3, 0.4) is 0 Å². The van der Waals surface area contributed by atoms with E-state index in [1.165, 1.54) is 12.1 Å². The summed E-state index contributed by atoms with van der Waals surface area (Å²) in [6, 6.07) is 19.9. The van der Waals surface area contributed by atoms with Crippen molar-refractivity contribution in [1.29, 1.82) is 0 Å². The van der Waals surface area contributed by atoms with Crippen LogP contribution in [-0.2, 0) is 0 Å². The molecular weight excluding hydrogens is 358 g/mol. The van der Waals surface area contributed by atoms with Crippen molar-refractivity contribution in [1.82, 2.24) is 4.98 Å². The number of nitrogens with zero attached hydrogens (tertiary/aromatic N) is 1. The number of aromatic nitrogens is 1. The number of carbonyl (C=O) groups is 1. The fourth-order valence-corrected chi connectivity index (χ4v) is 3.12. The first kappa shape index (κ1) is 17.8. The molecule has 1 heterocycles. The summed E-state index contributed by atoms with van der Waals surface area (Å²) in [5.41, 5.74) is 2.75. The van der Waals surface area contributed by atoms with Crippen molar-refractivity contribution in [3.05, 3.63) is 95.7 Å². The number of hydrogen-bond donors (Lipinski definition) is 1. The first-order valence-corrected chi connectivity index (χ1v) is 8.74. The van der Waals surface area contributed by atoms with Crippen LogP contribution in [0, 0.1) is 18.7 Å². The lowest BCUT2D eigenvalue weighted by molar-refractivity contribution is 0.102. The molecule has 3 nitrogen and oxygen atoms in total. The van der Waals surface area contributed by atoms with Gasteiger partial charge in [0.15, 0.2) is 0 Å². The molecule has 0 bridgehead atoms. The number of anilines is 1. The third-order valence-electron chi connectivity index (χ3n) is 4.57. The topological polar surface area (TPSA) is 42.0 Å². The minimum atomic E-state index is -0.697. The molecule has 0 aliphatic rings. The zero-order valence-corrected chi connectivity index (χ0v) is 15.0. The van der Waals surface area contributed by atoms with Gasteiger partial charge in [-0.1, -0.05) is 36.4 Å². The van der Waals surface area contributed by atoms with Gasteiger partial charge in [-0.15, -0.1) is 0 Å². The molecule has 28 heavy (non-hydrogen) atoms. The van der Waals surface area contributed by atoms with Gasteiger partial charge < -0.3 is 5.32 Å². The Hall–Kier alpha value is -3.60. The average molecular weight is 374 g/mol. The summed E-state index contributed by atoms with van der Waals surface area (Å²) in [4.78, 5) is 16.1. The molecule has 138 valence electrons. The van der Waals surface area contributed by atoms with Gasteiger partial charge in [0.25, 0.3) is 5.91 Å². The molecule has 0 spiro atoms. The summed E-state index contributed by atoms with van der Waals surface area (Å²) < 4.78 is 28.3. The number of benzene rings is 3. The van der Waals surface area contributed by atoms with Crippen molar-refractivity contribution in [2.24, 2.45) is 0 Å². The summed E-state index contributed by atoms with van der Waals surface area (Å²) in [5.74, 6) is -1.28. The minimum absolute atomic E-state index is 0.133. The van der Waals surface area contributed by atoms with Crippen LogP contribution in [-0.4, -0.2) is 10.9 Å². The minimum Gasteiger partial charge on any atom is -0.306 e. The van der Waals surface area contributed by atoms with Crippen molar-refractivity contribution in [2.75, 3.05) is 5.32 Å². The molecule has 4 rings (SSSR count). The number of halogens is 2. The molecule has 0 unspecified atom stereocenters. The quantitative estimate of drug-likeness (QED) is 0.465. The van der Waals surface area contributed by atoms with E-state index < -0.39 is 5.95 Å². The first-order valence-electron chi connectivity index (χ1n) is 8.74. The molecule has 0 saturated heterocycles. The Labute approximate surface area is 160 Å². The fraction of sp³-hybridized carbons (Fsp3) is 0.0435. The van der Waals surface area contributed by atoms with Crippen LogP contribution in [0.2, 0.25) is 0 Å². The summed E-state index contributed by atoms with van der Waals surface area (Å²) in [6.07, 6.45) is 0. The van der Waals surface area contributed by atoms with E-state index in [-0.39, 0.29) is 17.5 Å². The Kier molecular flexibility index (Phi) is 4.57. The van der Waals surface area contributed by atoms with Crippen LogP contribution in [0.15, 0.2) is 72.8 Å². The first-order chi connectivity index (χ1) is 13.5. The molecule has 0 saturated carbocycles. The second-order valence-electron chi connectivity index (χ2n) is 6.51. The number of amides is 1. The number of carbonyl (C=O) groups excluding carboxylic acids is 1. The zero-order chi connectivity index (χ0) is 19.7. The number of aryl methyl sites for hydroxylation is 1. The third kappa shape index (κ3) is 3.47. The van der Waals surface area contributed by atoms with Gasteiger partial charge in [0.2, 0.25) is 5.95 Å². The fourth-order valence-electron chi connectivity index (χ4n) is 3.12. The van der Waals surface area contributed by atoms with Crippen LogP contribution >= 0.6 is 0 Å². The molecule has 0 radical (unpaired) electrons. The molecular formula is C23H16F2N2O. The van der Waals surface area contributed by atoms with Gasteiger partial charge in [0, 0.05) is 10.9 Å². The molecule has 0 atom stereocenters. The van der Waals surface area contributed by atoms with Gasteiger partial charge >= 0.3 is 0 Å². The van der Waals surface area contributed by atoms with Gasteiger partial charge in [-0.3, -0.25) is 4.79 Å². The number of pyridine rings is 1. The molecule has 1 N–H and O–H groups in total. The maximum Gasteiger partial charge on any atom is 0.256 e. The third-order valence-corrected chi connectivity index (χ3v) is 4.57. The number of rotatable bonds is 3. The van der Waals surface area contributed by atoms with E-state index in [0.717, 1.165) is 5.56 Å². The van der Waals surface area contributed by atoms with Crippen molar-refractivity contribution < 1.29 is 13.6 Å². The van der Waals surface area contributed by atoms with Gasteiger partial charge in [-0.05, 0) is 65.4 Å². The van der Waals surface area contributed by atoms with E-state index in [9.17, 15) is 13.6 Å². The van der Waals surface area contributed by atoms with E-state index >= 15 is 0 Å². The van der Waals surface area contributed by atoms with E-state index in [0.29, 0.717) is 27.5 Å². The molecule has 4 aromatic rings. The van der Waals surface area contributed by atoms with E-state index in [2.05, 4.69) is 10.3 Å². The van der Waals surface area contributed by atoms with Crippen LogP contribution in [0.25, 0.3) is 21.9 Å². The molecule has 0 aliphatic carbocycles. The van der Waals surface area contributed by atoms with Crippen molar-refractivity contribution in [3.8, 4) is 11.1 Å². The Bertz CT molecular complexity index is 1190. The molecule has 0 fully saturated rings. The predicted molar refractivity (Wildman–Crippen MR) is 106 cm³/mol. The Morgan fingerprint density at radius 2 is 1.71 bits per heavy atom. The highest BCUT2D eigenvalue weighted by Gasteiger charge is 2.12. The second kappa shape index (κ2) is 7.19. The van der Waals surface area contributed by atoms with Crippen LogP contribution < -0.4 is 5.32 Å². The number of nitrogens with one attached hydrogen (secondary N) is 1. The lowest BCUT2D eigenvalue weighted by Gasteiger charge is -2.10. The van der Waals surface area contributed by atoms with E-state index in [4.69, 9.17) is 0 Å². The van der Waals surface area contributed by atoms with Crippen LogP contribution in [0.5, 0.6) is 0 Å². The van der Waals surface area contributed by atoms with E-state index in [1.54, 1.807) is 54.6 Å². The van der Waals surface area contributed by atoms with Gasteiger partial charge in [-0.25, -0.2) is 9.37 Å². The maximum absolute atomic E-state index is 14.6. The summed E-state index contributed by atoms with van der Waals surface area (Å²) >= 11 is 0. The molecule has 1 amide bonds. The standard InChI is InChI=1S/C23H16F2N2O/c1-14-7-10-18(24)13-19(14)16-8-9-17-12-21(26-22(25)20(17)11-16)27-23(28)15-5-3-2-4-6-15/h2-13H,1H3,(H,26,27,28). The van der Waals surface area contributed by atoms with Crippen LogP contribution in [0.4, 0.5) is 14.6 Å². The highest BCUT2D eigenvalue weighted by atomic mass is 19.1. The van der Waals surface area contributed by atoms with E-state index in [1.807, 2.05) is 13.0 Å². The number of hydrogen-bond acceptors (Lipinski definition) is 2. The smallest absolute Gasteiger partial charge is 0.256 e. The van der Waals surface area contributed by atoms with Gasteiger partial charge in [0.05, 0.1) is 0 Å². The zero-order valence-electron chi connectivity index (χ0n) is 15.0. The average Bonchev–Trinajstić information content (AvgIpc) is 2.70. The Morgan fingerprint density at radius 1 is 0.929 bits per heavy atom. The Morgan fingerprint density at radius 3 is 2.50 bits per heavy atom. The van der Waals surface area contributed by atoms with Crippen molar-refractivity contribution >= 4 is 22.5 Å². The molecule has 0 aliphatic heterocycles. The lowest BCUT2D eigenvalue weighted by Crippen LogP contribution is -2.13. The highest BCUT2D eigenvalue weighted by Crippen LogP contribution is 2.29. The molecule has 1 aromatic heterocycles. The van der Waals surface area contributed by atoms with Gasteiger partial charge in [-0.2, -0.15) is 4.39 Å².